The molecule has 0 atom stereocenters. The summed E-state index contributed by atoms with van der Waals surface area (Å²) in [6.07, 6.45) is 1.57. The Morgan fingerprint density at radius 2 is 2.00 bits per heavy atom. The molecule has 0 saturated heterocycles. The summed E-state index contributed by atoms with van der Waals surface area (Å²) in [5.74, 6) is 0.893. The number of carbonyl (C=O) groups is 1. The fraction of sp³-hybridized carbons (Fsp3) is 0.143. The standard InChI is InChI=1S/C21H19ClN2O3/c1-14-11-16(8-9-19(14)22)27-13-21(25)24-23-12-18-17-6-4-3-5-15(17)7-10-20(18)26-2/h3-12H,13H2,1-2H3,(H,24,25)/b23-12+. The van der Waals surface area contributed by atoms with Crippen molar-refractivity contribution in [2.45, 2.75) is 6.92 Å². The minimum atomic E-state index is -0.363. The van der Waals surface area contributed by atoms with Gasteiger partial charge in [-0.25, -0.2) is 5.43 Å². The van der Waals surface area contributed by atoms with Crippen LogP contribution in [0, 0.1) is 6.92 Å². The summed E-state index contributed by atoms with van der Waals surface area (Å²) in [6.45, 7) is 1.72. The van der Waals surface area contributed by atoms with E-state index in [1.54, 1.807) is 31.5 Å². The van der Waals surface area contributed by atoms with Crippen molar-refractivity contribution in [1.82, 2.24) is 5.43 Å². The van der Waals surface area contributed by atoms with E-state index in [4.69, 9.17) is 21.1 Å². The molecule has 0 fully saturated rings. The van der Waals surface area contributed by atoms with E-state index in [9.17, 15) is 4.79 Å². The smallest absolute Gasteiger partial charge is 0.277 e. The van der Waals surface area contributed by atoms with Gasteiger partial charge in [0.15, 0.2) is 6.61 Å². The van der Waals surface area contributed by atoms with Gasteiger partial charge in [0.25, 0.3) is 5.91 Å². The molecular formula is C21H19ClN2O3. The lowest BCUT2D eigenvalue weighted by atomic mass is 10.0. The number of nitrogens with one attached hydrogen (secondary N) is 1. The van der Waals surface area contributed by atoms with Gasteiger partial charge >= 0.3 is 0 Å². The highest BCUT2D eigenvalue weighted by Gasteiger charge is 2.07. The number of rotatable bonds is 6. The molecule has 6 heteroatoms. The topological polar surface area (TPSA) is 59.9 Å². The molecule has 3 rings (SSSR count). The SMILES string of the molecule is COc1ccc2ccccc2c1/C=N/NC(=O)COc1ccc(Cl)c(C)c1. The van der Waals surface area contributed by atoms with E-state index < -0.39 is 0 Å². The van der Waals surface area contributed by atoms with Gasteiger partial charge in [-0.15, -0.1) is 0 Å². The molecule has 1 amide bonds. The van der Waals surface area contributed by atoms with Crippen molar-refractivity contribution in [3.05, 3.63) is 70.7 Å². The number of amides is 1. The Hall–Kier alpha value is -3.05. The van der Waals surface area contributed by atoms with E-state index >= 15 is 0 Å². The third kappa shape index (κ3) is 4.57. The highest BCUT2D eigenvalue weighted by atomic mass is 35.5. The molecule has 0 unspecified atom stereocenters. The Bertz CT molecular complexity index is 1000. The van der Waals surface area contributed by atoms with Gasteiger partial charge in [-0.3, -0.25) is 4.79 Å². The first kappa shape index (κ1) is 18.7. The molecule has 0 aromatic heterocycles. The van der Waals surface area contributed by atoms with Gasteiger partial charge in [0.1, 0.15) is 11.5 Å². The number of nitrogens with zero attached hydrogens (tertiary/aromatic N) is 1. The summed E-state index contributed by atoms with van der Waals surface area (Å²) >= 11 is 5.97. The van der Waals surface area contributed by atoms with Gasteiger partial charge in [-0.05, 0) is 47.5 Å². The second kappa shape index (κ2) is 8.56. The first-order valence-electron chi connectivity index (χ1n) is 8.35. The maximum Gasteiger partial charge on any atom is 0.277 e. The lowest BCUT2D eigenvalue weighted by Crippen LogP contribution is -2.24. The summed E-state index contributed by atoms with van der Waals surface area (Å²) in [5.41, 5.74) is 4.15. The zero-order chi connectivity index (χ0) is 19.2. The van der Waals surface area contributed by atoms with Gasteiger partial charge in [0, 0.05) is 10.6 Å². The van der Waals surface area contributed by atoms with E-state index in [-0.39, 0.29) is 12.5 Å². The monoisotopic (exact) mass is 382 g/mol. The quantitative estimate of drug-likeness (QED) is 0.509. The largest absolute Gasteiger partial charge is 0.496 e. The van der Waals surface area contributed by atoms with Crippen LogP contribution in [0.1, 0.15) is 11.1 Å². The summed E-state index contributed by atoms with van der Waals surface area (Å²) in [5, 5.41) is 6.74. The maximum atomic E-state index is 12.0. The molecule has 0 aliphatic heterocycles. The molecule has 138 valence electrons. The molecule has 0 spiro atoms. The van der Waals surface area contributed by atoms with E-state index in [1.807, 2.05) is 43.3 Å². The van der Waals surface area contributed by atoms with Crippen LogP contribution in [0.25, 0.3) is 10.8 Å². The number of ether oxygens (including phenoxy) is 2. The van der Waals surface area contributed by atoms with Crippen LogP contribution in [0.5, 0.6) is 11.5 Å². The van der Waals surface area contributed by atoms with E-state index in [0.29, 0.717) is 16.5 Å². The van der Waals surface area contributed by atoms with Crippen LogP contribution in [0.15, 0.2) is 59.7 Å². The Kier molecular flexibility index (Phi) is 5.94. The van der Waals surface area contributed by atoms with E-state index in [1.165, 1.54) is 0 Å². The molecule has 3 aromatic rings. The first-order valence-corrected chi connectivity index (χ1v) is 8.73. The third-order valence-electron chi connectivity index (χ3n) is 4.03. The van der Waals surface area contributed by atoms with E-state index in [0.717, 1.165) is 21.9 Å². The van der Waals surface area contributed by atoms with Gasteiger partial charge in [-0.1, -0.05) is 41.9 Å². The number of methoxy groups -OCH3 is 1. The zero-order valence-corrected chi connectivity index (χ0v) is 15.8. The lowest BCUT2D eigenvalue weighted by Gasteiger charge is -2.09. The molecular weight excluding hydrogens is 364 g/mol. The van der Waals surface area contributed by atoms with Crippen molar-refractivity contribution in [3.8, 4) is 11.5 Å². The van der Waals surface area contributed by atoms with Crippen LogP contribution in [-0.4, -0.2) is 25.8 Å². The lowest BCUT2D eigenvalue weighted by molar-refractivity contribution is -0.123. The molecule has 1 N–H and O–H groups in total. The zero-order valence-electron chi connectivity index (χ0n) is 15.0. The minimum absolute atomic E-state index is 0.148. The van der Waals surface area contributed by atoms with Crippen LogP contribution < -0.4 is 14.9 Å². The van der Waals surface area contributed by atoms with Crippen molar-refractivity contribution in [2.75, 3.05) is 13.7 Å². The van der Waals surface area contributed by atoms with Gasteiger partial charge in [-0.2, -0.15) is 5.10 Å². The second-order valence-electron chi connectivity index (χ2n) is 5.90. The Morgan fingerprint density at radius 1 is 1.19 bits per heavy atom. The molecule has 0 saturated carbocycles. The van der Waals surface area contributed by atoms with E-state index in [2.05, 4.69) is 10.5 Å². The minimum Gasteiger partial charge on any atom is -0.496 e. The number of halogens is 1. The molecule has 5 nitrogen and oxygen atoms in total. The maximum absolute atomic E-state index is 12.0. The molecule has 0 bridgehead atoms. The summed E-state index contributed by atoms with van der Waals surface area (Å²) in [6, 6.07) is 17.0. The first-order chi connectivity index (χ1) is 13.1. The Balaban J connectivity index is 1.65. The summed E-state index contributed by atoms with van der Waals surface area (Å²) < 4.78 is 10.8. The number of fused-ring (bicyclic) bond motifs is 1. The van der Waals surface area contributed by atoms with Crippen LogP contribution in [-0.2, 0) is 4.79 Å². The molecule has 0 aliphatic carbocycles. The van der Waals surface area contributed by atoms with Crippen molar-refractivity contribution in [2.24, 2.45) is 5.10 Å². The van der Waals surface area contributed by atoms with Crippen molar-refractivity contribution in [3.63, 3.8) is 0 Å². The second-order valence-corrected chi connectivity index (χ2v) is 6.30. The number of hydrogen-bond donors (Lipinski definition) is 1. The number of hydrazone groups is 1. The molecule has 0 radical (unpaired) electrons. The fourth-order valence-electron chi connectivity index (χ4n) is 2.64. The number of hydrogen-bond acceptors (Lipinski definition) is 4. The molecule has 27 heavy (non-hydrogen) atoms. The van der Waals surface area contributed by atoms with Crippen molar-refractivity contribution < 1.29 is 14.3 Å². The van der Waals surface area contributed by atoms with Crippen LogP contribution in [0.3, 0.4) is 0 Å². The Morgan fingerprint density at radius 3 is 2.78 bits per heavy atom. The predicted octanol–water partition coefficient (Wildman–Crippen LogP) is 4.34. The number of carbonyl (C=O) groups excluding carboxylic acids is 1. The Labute approximate surface area is 162 Å². The third-order valence-corrected chi connectivity index (χ3v) is 4.46. The number of benzene rings is 3. The van der Waals surface area contributed by atoms with Crippen molar-refractivity contribution in [1.29, 1.82) is 0 Å². The number of aryl methyl sites for hydroxylation is 1. The van der Waals surface area contributed by atoms with Gasteiger partial charge in [0.2, 0.25) is 0 Å². The van der Waals surface area contributed by atoms with Crippen LogP contribution in [0.4, 0.5) is 0 Å². The summed E-state index contributed by atoms with van der Waals surface area (Å²) in [7, 11) is 1.60. The molecule has 0 aliphatic rings. The normalized spacial score (nSPS) is 10.9. The van der Waals surface area contributed by atoms with Crippen LogP contribution in [0.2, 0.25) is 5.02 Å². The van der Waals surface area contributed by atoms with Gasteiger partial charge in [0.05, 0.1) is 13.3 Å². The molecule has 3 aromatic carbocycles. The van der Waals surface area contributed by atoms with Gasteiger partial charge < -0.3 is 9.47 Å². The average molecular weight is 383 g/mol. The summed E-state index contributed by atoms with van der Waals surface area (Å²) in [4.78, 5) is 12.0. The van der Waals surface area contributed by atoms with Crippen molar-refractivity contribution >= 4 is 34.5 Å². The highest BCUT2D eigenvalue weighted by Crippen LogP contribution is 2.26. The average Bonchev–Trinajstić information content (AvgIpc) is 2.69. The predicted molar refractivity (Wildman–Crippen MR) is 108 cm³/mol. The van der Waals surface area contributed by atoms with Crippen LogP contribution >= 0.6 is 11.6 Å². The molecule has 0 heterocycles. The highest BCUT2D eigenvalue weighted by molar-refractivity contribution is 6.31. The fourth-order valence-corrected chi connectivity index (χ4v) is 2.76.